The fourth-order valence-electron chi connectivity index (χ4n) is 2.72. The second kappa shape index (κ2) is 9.53. The predicted octanol–water partition coefficient (Wildman–Crippen LogP) is 2.76. The van der Waals surface area contributed by atoms with Gasteiger partial charge in [0.1, 0.15) is 12.1 Å². The molecule has 1 amide bonds. The second-order valence-electron chi connectivity index (χ2n) is 5.76. The summed E-state index contributed by atoms with van der Waals surface area (Å²) in [6.45, 7) is 7.24. The van der Waals surface area contributed by atoms with Crippen molar-refractivity contribution in [2.75, 3.05) is 34.2 Å². The molecule has 0 unspecified atom stereocenters. The summed E-state index contributed by atoms with van der Waals surface area (Å²) >= 11 is 4.19. The topological polar surface area (TPSA) is 122 Å². The van der Waals surface area contributed by atoms with E-state index in [1.165, 1.54) is 11.5 Å². The van der Waals surface area contributed by atoms with Crippen molar-refractivity contribution in [3.63, 3.8) is 0 Å². The minimum absolute atomic E-state index is 0.0137. The Morgan fingerprint density at radius 2 is 1.93 bits per heavy atom. The molecule has 0 saturated carbocycles. The number of thiol groups is 1. The van der Waals surface area contributed by atoms with Crippen LogP contribution in [0.4, 0.5) is 23.0 Å². The van der Waals surface area contributed by atoms with Crippen LogP contribution >= 0.6 is 12.6 Å². The molecular formula is C18H22N8OS. The van der Waals surface area contributed by atoms with Crippen LogP contribution in [-0.4, -0.2) is 28.5 Å². The number of hydrazine groups is 1. The molecular weight excluding hydrogens is 376 g/mol. The number of aromatic nitrogens is 2. The number of anilines is 4. The van der Waals surface area contributed by atoms with E-state index in [0.29, 0.717) is 11.4 Å². The zero-order valence-electron chi connectivity index (χ0n) is 15.9. The Morgan fingerprint density at radius 1 is 1.21 bits per heavy atom. The number of nitriles is 2. The predicted molar refractivity (Wildman–Crippen MR) is 112 cm³/mol. The lowest BCUT2D eigenvalue weighted by Crippen LogP contribution is -2.22. The molecule has 1 heterocycles. The van der Waals surface area contributed by atoms with Crippen LogP contribution in [0.15, 0.2) is 18.2 Å². The highest BCUT2D eigenvalue weighted by molar-refractivity contribution is 7.79. The van der Waals surface area contributed by atoms with E-state index in [-0.39, 0.29) is 29.1 Å². The molecule has 2 rings (SSSR count). The largest absolute Gasteiger partial charge is 0.372 e. The summed E-state index contributed by atoms with van der Waals surface area (Å²) in [5.41, 5.74) is 8.19. The molecule has 28 heavy (non-hydrogen) atoms. The SMILES string of the molecule is CCN(CC)c1ccc(NNc2nc(C#N)c(C#N)n2CS)c(NC(C)=O)c1. The number of nitrogens with zero attached hydrogens (tertiary/aromatic N) is 5. The van der Waals surface area contributed by atoms with Gasteiger partial charge in [0.15, 0.2) is 11.4 Å². The van der Waals surface area contributed by atoms with Gasteiger partial charge in [-0.2, -0.15) is 28.1 Å². The normalized spacial score (nSPS) is 9.93. The van der Waals surface area contributed by atoms with Gasteiger partial charge in [-0.05, 0) is 32.0 Å². The first kappa shape index (κ1) is 20.9. The Morgan fingerprint density at radius 3 is 2.46 bits per heavy atom. The number of nitrogens with one attached hydrogen (secondary N) is 3. The number of carbonyl (C=O) groups is 1. The van der Waals surface area contributed by atoms with Gasteiger partial charge in [-0.1, -0.05) is 0 Å². The quantitative estimate of drug-likeness (QED) is 0.398. The lowest BCUT2D eigenvalue weighted by atomic mass is 10.2. The number of hydrogen-bond acceptors (Lipinski definition) is 8. The third-order valence-corrected chi connectivity index (χ3v) is 4.36. The van der Waals surface area contributed by atoms with E-state index in [9.17, 15) is 10.1 Å². The van der Waals surface area contributed by atoms with Gasteiger partial charge in [0, 0.05) is 25.7 Å². The number of benzene rings is 1. The molecule has 0 atom stereocenters. The Hall–Kier alpha value is -3.37. The Bertz CT molecular complexity index is 936. The van der Waals surface area contributed by atoms with Crippen molar-refractivity contribution < 1.29 is 4.79 Å². The number of carbonyl (C=O) groups excluding carboxylic acids is 1. The van der Waals surface area contributed by atoms with Crippen molar-refractivity contribution in [2.24, 2.45) is 0 Å². The molecule has 146 valence electrons. The lowest BCUT2D eigenvalue weighted by molar-refractivity contribution is -0.114. The molecule has 0 radical (unpaired) electrons. The summed E-state index contributed by atoms with van der Waals surface area (Å²) in [6.07, 6.45) is 0. The molecule has 0 spiro atoms. The highest BCUT2D eigenvalue weighted by Crippen LogP contribution is 2.28. The monoisotopic (exact) mass is 398 g/mol. The summed E-state index contributed by atoms with van der Waals surface area (Å²) in [5, 5.41) is 21.2. The maximum atomic E-state index is 11.6. The van der Waals surface area contributed by atoms with Crippen LogP contribution in [0.2, 0.25) is 0 Å². The minimum Gasteiger partial charge on any atom is -0.372 e. The molecule has 1 aromatic heterocycles. The summed E-state index contributed by atoms with van der Waals surface area (Å²) < 4.78 is 1.47. The third kappa shape index (κ3) is 4.48. The van der Waals surface area contributed by atoms with Crippen LogP contribution in [0.3, 0.4) is 0 Å². The van der Waals surface area contributed by atoms with Crippen molar-refractivity contribution in [3.8, 4) is 12.1 Å². The van der Waals surface area contributed by atoms with Crippen molar-refractivity contribution in [3.05, 3.63) is 29.6 Å². The van der Waals surface area contributed by atoms with Gasteiger partial charge in [-0.15, -0.1) is 0 Å². The Balaban J connectivity index is 2.34. The number of rotatable bonds is 8. The van der Waals surface area contributed by atoms with Gasteiger partial charge < -0.3 is 10.2 Å². The fourth-order valence-corrected chi connectivity index (χ4v) is 3.00. The fraction of sp³-hybridized carbons (Fsp3) is 0.333. The molecule has 0 saturated heterocycles. The maximum Gasteiger partial charge on any atom is 0.225 e. The maximum absolute atomic E-state index is 11.6. The van der Waals surface area contributed by atoms with Crippen LogP contribution in [0.25, 0.3) is 0 Å². The number of amides is 1. The first-order chi connectivity index (χ1) is 13.5. The smallest absolute Gasteiger partial charge is 0.225 e. The van der Waals surface area contributed by atoms with Crippen LogP contribution in [0.5, 0.6) is 0 Å². The highest BCUT2D eigenvalue weighted by atomic mass is 32.1. The van der Waals surface area contributed by atoms with E-state index < -0.39 is 0 Å². The Labute approximate surface area is 169 Å². The van der Waals surface area contributed by atoms with E-state index in [1.807, 2.05) is 30.3 Å². The van der Waals surface area contributed by atoms with Gasteiger partial charge >= 0.3 is 0 Å². The van der Waals surface area contributed by atoms with Crippen LogP contribution in [0, 0.1) is 22.7 Å². The molecule has 3 N–H and O–H groups in total. The van der Waals surface area contributed by atoms with E-state index in [4.69, 9.17) is 5.26 Å². The highest BCUT2D eigenvalue weighted by Gasteiger charge is 2.16. The van der Waals surface area contributed by atoms with Gasteiger partial charge in [0.2, 0.25) is 11.9 Å². The van der Waals surface area contributed by atoms with Crippen molar-refractivity contribution in [1.29, 1.82) is 10.5 Å². The minimum atomic E-state index is -0.199. The molecule has 0 bridgehead atoms. The molecule has 0 aliphatic carbocycles. The summed E-state index contributed by atoms with van der Waals surface area (Å²) in [6, 6.07) is 9.49. The molecule has 0 aliphatic heterocycles. The molecule has 2 aromatic rings. The first-order valence-electron chi connectivity index (χ1n) is 8.69. The van der Waals surface area contributed by atoms with Crippen LogP contribution in [0.1, 0.15) is 32.2 Å². The van der Waals surface area contributed by atoms with Crippen molar-refractivity contribution in [1.82, 2.24) is 9.55 Å². The molecule has 1 aromatic carbocycles. The summed E-state index contributed by atoms with van der Waals surface area (Å²) in [4.78, 5) is 17.9. The van der Waals surface area contributed by atoms with Gasteiger partial charge in [0.05, 0.1) is 17.3 Å². The zero-order valence-corrected chi connectivity index (χ0v) is 16.8. The van der Waals surface area contributed by atoms with Crippen LogP contribution in [-0.2, 0) is 10.7 Å². The zero-order chi connectivity index (χ0) is 20.7. The molecule has 9 nitrogen and oxygen atoms in total. The van der Waals surface area contributed by atoms with Gasteiger partial charge in [-0.25, -0.2) is 0 Å². The summed E-state index contributed by atoms with van der Waals surface area (Å²) in [7, 11) is 0. The average Bonchev–Trinajstić information content (AvgIpc) is 3.04. The number of hydrogen-bond donors (Lipinski definition) is 4. The molecule has 10 heteroatoms. The first-order valence-corrected chi connectivity index (χ1v) is 9.32. The van der Waals surface area contributed by atoms with Gasteiger partial charge in [-0.3, -0.25) is 20.2 Å². The van der Waals surface area contributed by atoms with Crippen LogP contribution < -0.4 is 21.1 Å². The van der Waals surface area contributed by atoms with Gasteiger partial charge in [0.25, 0.3) is 0 Å². The third-order valence-electron chi connectivity index (χ3n) is 4.07. The average molecular weight is 398 g/mol. The van der Waals surface area contributed by atoms with E-state index in [2.05, 4.69) is 52.5 Å². The number of imidazole rings is 1. The standard InChI is InChI=1S/C18H22N8OS/c1-4-25(5-2)13-6-7-14(15(8-13)21-12(3)27)23-24-18-22-16(9-19)17(10-20)26(18)11-28/h6-8,23,28H,4-5,11H2,1-3H3,(H,21,27)(H,22,24). The molecule has 0 aliphatic rings. The summed E-state index contributed by atoms with van der Waals surface area (Å²) in [5.74, 6) is 0.237. The molecule has 0 fully saturated rings. The lowest BCUT2D eigenvalue weighted by Gasteiger charge is -2.23. The second-order valence-corrected chi connectivity index (χ2v) is 6.04. The van der Waals surface area contributed by atoms with Crippen molar-refractivity contribution >= 4 is 41.5 Å². The van der Waals surface area contributed by atoms with Crippen molar-refractivity contribution in [2.45, 2.75) is 26.6 Å². The van der Waals surface area contributed by atoms with E-state index in [0.717, 1.165) is 18.8 Å². The Kier molecular flexibility index (Phi) is 7.13. The van der Waals surface area contributed by atoms with E-state index in [1.54, 1.807) is 0 Å². The van der Waals surface area contributed by atoms with E-state index >= 15 is 0 Å².